The smallest absolute Gasteiger partial charge is 0.453 e. The minimum absolute atomic E-state index is 0.260. The highest BCUT2D eigenvalue weighted by Gasteiger charge is 2.62. The minimum Gasteiger partial charge on any atom is -0.453 e. The third kappa shape index (κ3) is 2.79. The van der Waals surface area contributed by atoms with Crippen molar-refractivity contribution in [3.05, 3.63) is 36.1 Å². The molecule has 0 aliphatic rings. The zero-order valence-corrected chi connectivity index (χ0v) is 10.2. The number of alkyl halides is 5. The average molecular weight is 306 g/mol. The number of ketones is 2. The second-order valence-electron chi connectivity index (χ2n) is 4.24. The summed E-state index contributed by atoms with van der Waals surface area (Å²) in [4.78, 5) is 22.6. The van der Waals surface area contributed by atoms with E-state index in [1.165, 1.54) is 12.1 Å². The lowest BCUT2D eigenvalue weighted by Gasteiger charge is -2.17. The summed E-state index contributed by atoms with van der Waals surface area (Å²) in [5.41, 5.74) is 0.260. The van der Waals surface area contributed by atoms with Crippen LogP contribution in [0.2, 0.25) is 0 Å². The SMILES string of the molecule is O=C(CC(=O)C(F)(F)C(F)(F)F)c1cc2ccccc2o1. The van der Waals surface area contributed by atoms with E-state index in [0.717, 1.165) is 0 Å². The fraction of sp³-hybridized carbons (Fsp3) is 0.231. The van der Waals surface area contributed by atoms with E-state index in [1.807, 2.05) is 0 Å². The Morgan fingerprint density at radius 2 is 1.67 bits per heavy atom. The lowest BCUT2D eigenvalue weighted by molar-refractivity contribution is -0.268. The van der Waals surface area contributed by atoms with E-state index in [0.29, 0.717) is 5.39 Å². The van der Waals surface area contributed by atoms with Gasteiger partial charge in [-0.15, -0.1) is 0 Å². The molecule has 8 heteroatoms. The molecule has 0 aliphatic heterocycles. The van der Waals surface area contributed by atoms with Crippen LogP contribution in [0, 0.1) is 0 Å². The maximum Gasteiger partial charge on any atom is 0.461 e. The minimum atomic E-state index is -6.03. The van der Waals surface area contributed by atoms with E-state index in [1.54, 1.807) is 18.2 Å². The summed E-state index contributed by atoms with van der Waals surface area (Å²) in [6.07, 6.45) is -7.62. The lowest BCUT2D eigenvalue weighted by Crippen LogP contribution is -2.44. The monoisotopic (exact) mass is 306 g/mol. The lowest BCUT2D eigenvalue weighted by atomic mass is 10.1. The third-order valence-corrected chi connectivity index (χ3v) is 2.73. The van der Waals surface area contributed by atoms with Crippen LogP contribution in [-0.2, 0) is 4.79 Å². The molecule has 0 saturated heterocycles. The molecule has 1 aromatic carbocycles. The molecule has 1 heterocycles. The Labute approximate surface area is 114 Å². The van der Waals surface area contributed by atoms with Crippen molar-refractivity contribution in [2.24, 2.45) is 0 Å². The van der Waals surface area contributed by atoms with Gasteiger partial charge < -0.3 is 4.42 Å². The fourth-order valence-electron chi connectivity index (χ4n) is 1.62. The van der Waals surface area contributed by atoms with E-state index >= 15 is 0 Å². The zero-order chi connectivity index (χ0) is 15.8. The molecule has 2 aromatic rings. The molecule has 0 radical (unpaired) electrons. The van der Waals surface area contributed by atoms with E-state index in [4.69, 9.17) is 4.42 Å². The number of hydrogen-bond donors (Lipinski definition) is 0. The van der Waals surface area contributed by atoms with Gasteiger partial charge >= 0.3 is 12.1 Å². The van der Waals surface area contributed by atoms with Crippen LogP contribution in [0.3, 0.4) is 0 Å². The Hall–Kier alpha value is -2.25. The van der Waals surface area contributed by atoms with Crippen molar-refractivity contribution in [3.8, 4) is 0 Å². The van der Waals surface area contributed by atoms with Crippen molar-refractivity contribution >= 4 is 22.5 Å². The van der Waals surface area contributed by atoms with Gasteiger partial charge in [0.2, 0.25) is 11.6 Å². The van der Waals surface area contributed by atoms with Gasteiger partial charge in [0.1, 0.15) is 5.58 Å². The molecule has 0 bridgehead atoms. The first-order chi connectivity index (χ1) is 9.63. The topological polar surface area (TPSA) is 47.3 Å². The molecule has 1 aromatic heterocycles. The van der Waals surface area contributed by atoms with Gasteiger partial charge in [-0.3, -0.25) is 9.59 Å². The number of rotatable bonds is 4. The number of fused-ring (bicyclic) bond motifs is 1. The Morgan fingerprint density at radius 1 is 1.05 bits per heavy atom. The van der Waals surface area contributed by atoms with Gasteiger partial charge in [0.05, 0.1) is 6.42 Å². The summed E-state index contributed by atoms with van der Waals surface area (Å²) in [7, 11) is 0. The molecule has 0 atom stereocenters. The first-order valence-corrected chi connectivity index (χ1v) is 5.62. The first-order valence-electron chi connectivity index (χ1n) is 5.62. The van der Waals surface area contributed by atoms with E-state index in [2.05, 4.69) is 0 Å². The molecule has 3 nitrogen and oxygen atoms in total. The Morgan fingerprint density at radius 3 is 2.24 bits per heavy atom. The van der Waals surface area contributed by atoms with Gasteiger partial charge in [0.15, 0.2) is 5.76 Å². The van der Waals surface area contributed by atoms with Crippen molar-refractivity contribution in [2.45, 2.75) is 18.5 Å². The Bertz CT molecular complexity index is 666. The van der Waals surface area contributed by atoms with Gasteiger partial charge in [-0.25, -0.2) is 0 Å². The van der Waals surface area contributed by atoms with Crippen LogP contribution in [0.4, 0.5) is 22.0 Å². The van der Waals surface area contributed by atoms with Gasteiger partial charge in [0.25, 0.3) is 0 Å². The van der Waals surface area contributed by atoms with Gasteiger partial charge in [0, 0.05) is 5.39 Å². The second-order valence-corrected chi connectivity index (χ2v) is 4.24. The van der Waals surface area contributed by atoms with Gasteiger partial charge in [-0.2, -0.15) is 22.0 Å². The molecule has 0 unspecified atom stereocenters. The summed E-state index contributed by atoms with van der Waals surface area (Å²) >= 11 is 0. The fourth-order valence-corrected chi connectivity index (χ4v) is 1.62. The summed E-state index contributed by atoms with van der Waals surface area (Å²) in [6.45, 7) is 0. The number of para-hydroxylation sites is 1. The van der Waals surface area contributed by atoms with Crippen LogP contribution in [0.15, 0.2) is 34.7 Å². The molecule has 0 saturated carbocycles. The van der Waals surface area contributed by atoms with Crippen LogP contribution in [0.5, 0.6) is 0 Å². The second kappa shape index (κ2) is 4.94. The predicted molar refractivity (Wildman–Crippen MR) is 61.2 cm³/mol. The molecule has 0 aliphatic carbocycles. The summed E-state index contributed by atoms with van der Waals surface area (Å²) in [5.74, 6) is -9.75. The number of carbonyl (C=O) groups excluding carboxylic acids is 2. The van der Waals surface area contributed by atoms with Crippen molar-refractivity contribution in [1.82, 2.24) is 0 Å². The molecular weight excluding hydrogens is 299 g/mol. The summed E-state index contributed by atoms with van der Waals surface area (Å²) in [5, 5.41) is 0.468. The summed E-state index contributed by atoms with van der Waals surface area (Å²) < 4.78 is 66.5. The number of halogens is 5. The van der Waals surface area contributed by atoms with E-state index in [-0.39, 0.29) is 5.58 Å². The van der Waals surface area contributed by atoms with E-state index < -0.39 is 35.8 Å². The number of Topliss-reactive ketones (excluding diaryl/α,β-unsaturated/α-hetero) is 2. The molecule has 0 fully saturated rings. The average Bonchev–Trinajstić information content (AvgIpc) is 2.80. The zero-order valence-electron chi connectivity index (χ0n) is 10.2. The normalized spacial score (nSPS) is 12.6. The van der Waals surface area contributed by atoms with Crippen LogP contribution >= 0.6 is 0 Å². The van der Waals surface area contributed by atoms with Crippen molar-refractivity contribution in [1.29, 1.82) is 0 Å². The first kappa shape index (κ1) is 15.1. The highest BCUT2D eigenvalue weighted by atomic mass is 19.4. The van der Waals surface area contributed by atoms with Crippen molar-refractivity contribution < 1.29 is 36.0 Å². The standard InChI is InChI=1S/C13H7F5O3/c14-12(15,13(16,17)18)11(20)6-8(19)10-5-7-3-1-2-4-9(7)21-10/h1-5H,6H2. The van der Waals surface area contributed by atoms with Crippen LogP contribution in [-0.4, -0.2) is 23.7 Å². The maximum absolute atomic E-state index is 12.7. The number of benzene rings is 1. The molecule has 2 rings (SSSR count). The molecule has 21 heavy (non-hydrogen) atoms. The quantitative estimate of drug-likeness (QED) is 0.491. The van der Waals surface area contributed by atoms with Gasteiger partial charge in [-0.05, 0) is 12.1 Å². The molecule has 0 amide bonds. The maximum atomic E-state index is 12.7. The summed E-state index contributed by atoms with van der Waals surface area (Å²) in [6, 6.07) is 7.43. The molecule has 0 spiro atoms. The van der Waals surface area contributed by atoms with Crippen molar-refractivity contribution in [2.75, 3.05) is 0 Å². The van der Waals surface area contributed by atoms with Gasteiger partial charge in [-0.1, -0.05) is 18.2 Å². The number of carbonyl (C=O) groups is 2. The Balaban J connectivity index is 2.20. The largest absolute Gasteiger partial charge is 0.461 e. The van der Waals surface area contributed by atoms with E-state index in [9.17, 15) is 31.5 Å². The van der Waals surface area contributed by atoms with Crippen LogP contribution in [0.25, 0.3) is 11.0 Å². The van der Waals surface area contributed by atoms with Crippen molar-refractivity contribution in [3.63, 3.8) is 0 Å². The number of hydrogen-bond acceptors (Lipinski definition) is 3. The predicted octanol–water partition coefficient (Wildman–Crippen LogP) is 3.77. The molecule has 0 N–H and O–H groups in total. The van der Waals surface area contributed by atoms with Crippen LogP contribution < -0.4 is 0 Å². The van der Waals surface area contributed by atoms with Crippen LogP contribution in [0.1, 0.15) is 17.0 Å². The molecule has 112 valence electrons. The number of furan rings is 1. The highest BCUT2D eigenvalue weighted by Crippen LogP contribution is 2.37. The Kier molecular flexibility index (Phi) is 3.56. The highest BCUT2D eigenvalue weighted by molar-refractivity contribution is 6.10. The molecular formula is C13H7F5O3. The third-order valence-electron chi connectivity index (χ3n) is 2.73.